The van der Waals surface area contributed by atoms with Crippen molar-refractivity contribution in [1.82, 2.24) is 4.98 Å². The highest BCUT2D eigenvalue weighted by Crippen LogP contribution is 2.14. The Morgan fingerprint density at radius 3 is 2.90 bits per heavy atom. The molecule has 0 fully saturated rings. The molecular formula is C7H8ClNO. The van der Waals surface area contributed by atoms with E-state index in [1.165, 1.54) is 6.20 Å². The van der Waals surface area contributed by atoms with E-state index in [0.29, 0.717) is 5.88 Å². The fraction of sp³-hybridized carbons (Fsp3) is 0.286. The molecule has 0 aliphatic heterocycles. The van der Waals surface area contributed by atoms with Gasteiger partial charge in [-0.2, -0.15) is 0 Å². The molecule has 0 aliphatic rings. The zero-order valence-corrected chi connectivity index (χ0v) is 6.39. The van der Waals surface area contributed by atoms with E-state index in [4.69, 9.17) is 16.7 Å². The van der Waals surface area contributed by atoms with Gasteiger partial charge in [0.25, 0.3) is 0 Å². The number of hydrogen-bond acceptors (Lipinski definition) is 2. The summed E-state index contributed by atoms with van der Waals surface area (Å²) in [5, 5.41) is 9.03. The van der Waals surface area contributed by atoms with Gasteiger partial charge in [-0.15, -0.1) is 11.6 Å². The molecule has 0 amide bonds. The number of pyridine rings is 1. The molecule has 1 aromatic rings. The number of hydrogen-bond donors (Lipinski definition) is 1. The van der Waals surface area contributed by atoms with E-state index in [-0.39, 0.29) is 5.75 Å². The Morgan fingerprint density at radius 1 is 1.70 bits per heavy atom. The van der Waals surface area contributed by atoms with Crippen LogP contribution >= 0.6 is 11.6 Å². The quantitative estimate of drug-likeness (QED) is 0.631. The van der Waals surface area contributed by atoms with E-state index >= 15 is 0 Å². The molecule has 1 aromatic heterocycles. The first-order chi connectivity index (χ1) is 4.74. The van der Waals surface area contributed by atoms with Crippen LogP contribution in [0.5, 0.6) is 5.75 Å². The van der Waals surface area contributed by atoms with Crippen molar-refractivity contribution in [3.05, 3.63) is 23.5 Å². The van der Waals surface area contributed by atoms with E-state index in [2.05, 4.69) is 4.98 Å². The molecule has 0 aliphatic carbocycles. The van der Waals surface area contributed by atoms with E-state index in [0.717, 1.165) is 11.3 Å². The highest BCUT2D eigenvalue weighted by Gasteiger charge is 1.96. The zero-order chi connectivity index (χ0) is 7.56. The molecule has 0 bridgehead atoms. The average Bonchev–Trinajstić information content (AvgIpc) is 1.95. The standard InChI is InChI=1S/C7H8ClNO/c1-5-2-6(3-8)9-4-7(5)10/h2,4,10H,3H2,1H3. The van der Waals surface area contributed by atoms with E-state index in [1.807, 2.05) is 6.92 Å². The van der Waals surface area contributed by atoms with Crippen molar-refractivity contribution in [2.24, 2.45) is 0 Å². The number of rotatable bonds is 1. The molecule has 1 rings (SSSR count). The monoisotopic (exact) mass is 157 g/mol. The van der Waals surface area contributed by atoms with Gasteiger partial charge < -0.3 is 5.11 Å². The van der Waals surface area contributed by atoms with Crippen molar-refractivity contribution < 1.29 is 5.11 Å². The number of alkyl halides is 1. The smallest absolute Gasteiger partial charge is 0.136 e. The molecule has 0 saturated heterocycles. The van der Waals surface area contributed by atoms with Crippen LogP contribution in [-0.2, 0) is 5.88 Å². The molecule has 0 saturated carbocycles. The Balaban J connectivity index is 3.04. The second kappa shape index (κ2) is 2.88. The lowest BCUT2D eigenvalue weighted by atomic mass is 10.2. The van der Waals surface area contributed by atoms with Crippen LogP contribution < -0.4 is 0 Å². The van der Waals surface area contributed by atoms with Crippen LogP contribution in [0.3, 0.4) is 0 Å². The molecule has 0 aromatic carbocycles. The number of halogens is 1. The fourth-order valence-corrected chi connectivity index (χ4v) is 0.826. The lowest BCUT2D eigenvalue weighted by Gasteiger charge is -1.98. The Labute approximate surface area is 64.5 Å². The van der Waals surface area contributed by atoms with Crippen molar-refractivity contribution in [3.8, 4) is 5.75 Å². The first-order valence-electron chi connectivity index (χ1n) is 2.94. The van der Waals surface area contributed by atoms with E-state index < -0.39 is 0 Å². The molecule has 10 heavy (non-hydrogen) atoms. The van der Waals surface area contributed by atoms with Crippen molar-refractivity contribution >= 4 is 11.6 Å². The minimum absolute atomic E-state index is 0.217. The predicted molar refractivity (Wildman–Crippen MR) is 40.2 cm³/mol. The average molecular weight is 158 g/mol. The Hall–Kier alpha value is -0.760. The van der Waals surface area contributed by atoms with Gasteiger partial charge >= 0.3 is 0 Å². The maximum absolute atomic E-state index is 9.03. The number of nitrogens with zero attached hydrogens (tertiary/aromatic N) is 1. The summed E-state index contributed by atoms with van der Waals surface area (Å²) >= 11 is 5.51. The number of aromatic nitrogens is 1. The van der Waals surface area contributed by atoms with Crippen LogP contribution in [0, 0.1) is 6.92 Å². The van der Waals surface area contributed by atoms with E-state index in [1.54, 1.807) is 6.07 Å². The minimum atomic E-state index is 0.217. The molecule has 0 spiro atoms. The zero-order valence-electron chi connectivity index (χ0n) is 5.63. The molecule has 0 radical (unpaired) electrons. The fourth-order valence-electron chi connectivity index (χ4n) is 0.680. The maximum Gasteiger partial charge on any atom is 0.136 e. The third-order valence-corrected chi connectivity index (χ3v) is 1.55. The SMILES string of the molecule is Cc1cc(CCl)ncc1O. The molecule has 0 unspecified atom stereocenters. The molecule has 0 atom stereocenters. The summed E-state index contributed by atoms with van der Waals surface area (Å²) in [7, 11) is 0. The van der Waals surface area contributed by atoms with Gasteiger partial charge in [0.2, 0.25) is 0 Å². The minimum Gasteiger partial charge on any atom is -0.506 e. The maximum atomic E-state index is 9.03. The van der Waals surface area contributed by atoms with Gasteiger partial charge in [-0.1, -0.05) is 0 Å². The van der Waals surface area contributed by atoms with Gasteiger partial charge in [-0.25, -0.2) is 0 Å². The van der Waals surface area contributed by atoms with E-state index in [9.17, 15) is 0 Å². The third kappa shape index (κ3) is 1.39. The van der Waals surface area contributed by atoms with Crippen LogP contribution in [-0.4, -0.2) is 10.1 Å². The molecule has 1 heterocycles. The first-order valence-corrected chi connectivity index (χ1v) is 3.48. The summed E-state index contributed by atoms with van der Waals surface area (Å²) in [5.41, 5.74) is 1.60. The summed E-state index contributed by atoms with van der Waals surface area (Å²) < 4.78 is 0. The molecule has 3 heteroatoms. The molecule has 54 valence electrons. The summed E-state index contributed by atoms with van der Waals surface area (Å²) in [5.74, 6) is 0.607. The van der Waals surface area contributed by atoms with Gasteiger partial charge in [0.1, 0.15) is 5.75 Å². The summed E-state index contributed by atoms with van der Waals surface area (Å²) in [6.45, 7) is 1.81. The number of aromatic hydroxyl groups is 1. The normalized spacial score (nSPS) is 9.80. The van der Waals surface area contributed by atoms with Gasteiger partial charge in [-0.05, 0) is 18.6 Å². The lowest BCUT2D eigenvalue weighted by Crippen LogP contribution is -1.85. The molecule has 1 N–H and O–H groups in total. The van der Waals surface area contributed by atoms with Crippen LogP contribution in [0.2, 0.25) is 0 Å². The molecule has 2 nitrogen and oxygen atoms in total. The van der Waals surface area contributed by atoms with Crippen molar-refractivity contribution in [2.45, 2.75) is 12.8 Å². The van der Waals surface area contributed by atoms with Gasteiger partial charge in [0.15, 0.2) is 0 Å². The van der Waals surface area contributed by atoms with Gasteiger partial charge in [0.05, 0.1) is 17.8 Å². The van der Waals surface area contributed by atoms with Crippen LogP contribution in [0.1, 0.15) is 11.3 Å². The highest BCUT2D eigenvalue weighted by atomic mass is 35.5. The molecular weight excluding hydrogens is 150 g/mol. The Bertz CT molecular complexity index is 237. The summed E-state index contributed by atoms with van der Waals surface area (Å²) in [6, 6.07) is 1.77. The first kappa shape index (κ1) is 7.35. The third-order valence-electron chi connectivity index (χ3n) is 1.28. The van der Waals surface area contributed by atoms with Crippen molar-refractivity contribution in [2.75, 3.05) is 0 Å². The Morgan fingerprint density at radius 2 is 2.40 bits per heavy atom. The number of aryl methyl sites for hydroxylation is 1. The topological polar surface area (TPSA) is 33.1 Å². The van der Waals surface area contributed by atoms with Crippen LogP contribution in [0.4, 0.5) is 0 Å². The van der Waals surface area contributed by atoms with Crippen LogP contribution in [0.15, 0.2) is 12.3 Å². The van der Waals surface area contributed by atoms with Crippen molar-refractivity contribution in [1.29, 1.82) is 0 Å². The Kier molecular flexibility index (Phi) is 2.12. The largest absolute Gasteiger partial charge is 0.506 e. The predicted octanol–water partition coefficient (Wildman–Crippen LogP) is 1.83. The highest BCUT2D eigenvalue weighted by molar-refractivity contribution is 6.16. The van der Waals surface area contributed by atoms with Gasteiger partial charge in [-0.3, -0.25) is 4.98 Å². The van der Waals surface area contributed by atoms with Gasteiger partial charge in [0, 0.05) is 0 Å². The van der Waals surface area contributed by atoms with Crippen molar-refractivity contribution in [3.63, 3.8) is 0 Å². The lowest BCUT2D eigenvalue weighted by molar-refractivity contribution is 0.468. The summed E-state index contributed by atoms with van der Waals surface area (Å²) in [4.78, 5) is 3.88. The van der Waals surface area contributed by atoms with Crippen LogP contribution in [0.25, 0.3) is 0 Å². The summed E-state index contributed by atoms with van der Waals surface area (Å²) in [6.07, 6.45) is 1.41. The second-order valence-electron chi connectivity index (χ2n) is 2.10. The second-order valence-corrected chi connectivity index (χ2v) is 2.36.